The number of ether oxygens (including phenoxy) is 1. The third-order valence-electron chi connectivity index (χ3n) is 2.38. The number of aromatic nitrogens is 2. The summed E-state index contributed by atoms with van der Waals surface area (Å²) in [5, 5.41) is 4.23. The quantitative estimate of drug-likeness (QED) is 0.710. The normalized spacial score (nSPS) is 19.9. The first-order chi connectivity index (χ1) is 7.38. The molecule has 2 heterocycles. The van der Waals surface area contributed by atoms with E-state index in [9.17, 15) is 0 Å². The summed E-state index contributed by atoms with van der Waals surface area (Å²) in [4.78, 5) is 0. The number of nitrogens with zero attached hydrogens (tertiary/aromatic N) is 2. The van der Waals surface area contributed by atoms with Gasteiger partial charge in [-0.1, -0.05) is 11.8 Å². The Morgan fingerprint density at radius 2 is 2.60 bits per heavy atom. The standard InChI is InChI=1S/C11H15N3O/c12-5-1-3-10-7-13-14(8-10)9-11-4-2-6-15-11/h7-8,11H,2,4-6,9,12H2. The molecule has 1 aromatic rings. The van der Waals surface area contributed by atoms with E-state index in [2.05, 4.69) is 16.9 Å². The predicted octanol–water partition coefficient (Wildman–Crippen LogP) is 0.372. The first kappa shape index (κ1) is 10.2. The Hall–Kier alpha value is -1.31. The summed E-state index contributed by atoms with van der Waals surface area (Å²) in [6.45, 7) is 2.09. The van der Waals surface area contributed by atoms with Gasteiger partial charge in [-0.15, -0.1) is 0 Å². The maximum absolute atomic E-state index is 5.53. The van der Waals surface area contributed by atoms with Gasteiger partial charge in [0.2, 0.25) is 0 Å². The molecular formula is C11H15N3O. The van der Waals surface area contributed by atoms with Crippen molar-refractivity contribution >= 4 is 0 Å². The van der Waals surface area contributed by atoms with E-state index in [1.165, 1.54) is 0 Å². The molecule has 1 atom stereocenters. The molecule has 4 nitrogen and oxygen atoms in total. The van der Waals surface area contributed by atoms with Crippen molar-refractivity contribution in [3.8, 4) is 11.8 Å². The van der Waals surface area contributed by atoms with Gasteiger partial charge in [-0.25, -0.2) is 0 Å². The first-order valence-electron chi connectivity index (χ1n) is 5.21. The summed E-state index contributed by atoms with van der Waals surface area (Å²) in [6, 6.07) is 0. The summed E-state index contributed by atoms with van der Waals surface area (Å²) in [7, 11) is 0. The Balaban J connectivity index is 1.94. The van der Waals surface area contributed by atoms with Crippen LogP contribution in [0.2, 0.25) is 0 Å². The number of hydrogen-bond acceptors (Lipinski definition) is 3. The van der Waals surface area contributed by atoms with Crippen molar-refractivity contribution in [1.82, 2.24) is 9.78 Å². The van der Waals surface area contributed by atoms with E-state index >= 15 is 0 Å². The molecule has 15 heavy (non-hydrogen) atoms. The van der Waals surface area contributed by atoms with Gasteiger partial charge >= 0.3 is 0 Å². The number of nitrogens with two attached hydrogens (primary N) is 1. The second-order valence-electron chi connectivity index (χ2n) is 3.59. The molecule has 0 aliphatic carbocycles. The van der Waals surface area contributed by atoms with Gasteiger partial charge in [-0.3, -0.25) is 4.68 Å². The van der Waals surface area contributed by atoms with Crippen molar-refractivity contribution in [2.24, 2.45) is 5.73 Å². The van der Waals surface area contributed by atoms with Crippen molar-refractivity contribution < 1.29 is 4.74 Å². The fourth-order valence-corrected chi connectivity index (χ4v) is 1.68. The van der Waals surface area contributed by atoms with Crippen LogP contribution in [0.4, 0.5) is 0 Å². The van der Waals surface area contributed by atoms with Crippen molar-refractivity contribution in [1.29, 1.82) is 0 Å². The van der Waals surface area contributed by atoms with Crippen LogP contribution in [-0.4, -0.2) is 29.0 Å². The number of rotatable bonds is 2. The minimum absolute atomic E-state index is 0.320. The second-order valence-corrected chi connectivity index (χ2v) is 3.59. The Morgan fingerprint density at radius 3 is 3.33 bits per heavy atom. The molecule has 1 saturated heterocycles. The Bertz CT molecular complexity index is 369. The molecule has 0 radical (unpaired) electrons. The summed E-state index contributed by atoms with van der Waals surface area (Å²) in [5.41, 5.74) is 6.21. The highest BCUT2D eigenvalue weighted by Crippen LogP contribution is 2.13. The van der Waals surface area contributed by atoms with E-state index < -0.39 is 0 Å². The third kappa shape index (κ3) is 2.82. The second kappa shape index (κ2) is 4.96. The lowest BCUT2D eigenvalue weighted by atomic mass is 10.2. The average molecular weight is 205 g/mol. The van der Waals surface area contributed by atoms with Crippen molar-refractivity contribution in [2.75, 3.05) is 13.2 Å². The van der Waals surface area contributed by atoms with Gasteiger partial charge in [0.1, 0.15) is 0 Å². The molecule has 1 aliphatic rings. The van der Waals surface area contributed by atoms with Crippen LogP contribution in [0.5, 0.6) is 0 Å². The van der Waals surface area contributed by atoms with E-state index in [-0.39, 0.29) is 0 Å². The van der Waals surface area contributed by atoms with E-state index in [1.807, 2.05) is 10.9 Å². The highest BCUT2D eigenvalue weighted by molar-refractivity contribution is 5.29. The maximum Gasteiger partial charge on any atom is 0.0771 e. The zero-order valence-electron chi connectivity index (χ0n) is 8.65. The Kier molecular flexibility index (Phi) is 3.38. The minimum Gasteiger partial charge on any atom is -0.376 e. The zero-order chi connectivity index (χ0) is 10.5. The van der Waals surface area contributed by atoms with Crippen LogP contribution in [-0.2, 0) is 11.3 Å². The molecular weight excluding hydrogens is 190 g/mol. The smallest absolute Gasteiger partial charge is 0.0771 e. The van der Waals surface area contributed by atoms with Crippen LogP contribution in [0.1, 0.15) is 18.4 Å². The monoisotopic (exact) mass is 205 g/mol. The fraction of sp³-hybridized carbons (Fsp3) is 0.545. The molecule has 2 N–H and O–H groups in total. The van der Waals surface area contributed by atoms with Crippen LogP contribution in [0.3, 0.4) is 0 Å². The largest absolute Gasteiger partial charge is 0.376 e. The van der Waals surface area contributed by atoms with Gasteiger partial charge in [-0.05, 0) is 12.8 Å². The van der Waals surface area contributed by atoms with Crippen molar-refractivity contribution in [3.63, 3.8) is 0 Å². The van der Waals surface area contributed by atoms with E-state index in [4.69, 9.17) is 10.5 Å². The summed E-state index contributed by atoms with van der Waals surface area (Å²) in [5.74, 6) is 5.76. The molecule has 0 bridgehead atoms. The lowest BCUT2D eigenvalue weighted by Gasteiger charge is -2.08. The topological polar surface area (TPSA) is 53.1 Å². The van der Waals surface area contributed by atoms with Gasteiger partial charge in [-0.2, -0.15) is 5.10 Å². The lowest BCUT2D eigenvalue weighted by molar-refractivity contribution is 0.0940. The van der Waals surface area contributed by atoms with Gasteiger partial charge in [0, 0.05) is 12.8 Å². The Morgan fingerprint density at radius 1 is 1.67 bits per heavy atom. The minimum atomic E-state index is 0.320. The molecule has 0 saturated carbocycles. The molecule has 1 unspecified atom stereocenters. The van der Waals surface area contributed by atoms with Crippen LogP contribution in [0.25, 0.3) is 0 Å². The van der Waals surface area contributed by atoms with Gasteiger partial charge < -0.3 is 10.5 Å². The molecule has 80 valence electrons. The first-order valence-corrected chi connectivity index (χ1v) is 5.21. The molecule has 4 heteroatoms. The molecule has 0 aromatic carbocycles. The van der Waals surface area contributed by atoms with Gasteiger partial charge in [0.15, 0.2) is 0 Å². The fourth-order valence-electron chi connectivity index (χ4n) is 1.68. The number of hydrogen-bond donors (Lipinski definition) is 1. The summed E-state index contributed by atoms with van der Waals surface area (Å²) in [6.07, 6.45) is 6.30. The van der Waals surface area contributed by atoms with Crippen LogP contribution in [0.15, 0.2) is 12.4 Å². The van der Waals surface area contributed by atoms with Crippen LogP contribution >= 0.6 is 0 Å². The summed E-state index contributed by atoms with van der Waals surface area (Å²) < 4.78 is 7.42. The lowest BCUT2D eigenvalue weighted by Crippen LogP contribution is -2.15. The SMILES string of the molecule is NCC#Cc1cnn(CC2CCCO2)c1. The van der Waals surface area contributed by atoms with E-state index in [0.29, 0.717) is 12.6 Å². The van der Waals surface area contributed by atoms with Crippen LogP contribution < -0.4 is 5.73 Å². The highest BCUT2D eigenvalue weighted by atomic mass is 16.5. The highest BCUT2D eigenvalue weighted by Gasteiger charge is 2.15. The zero-order valence-corrected chi connectivity index (χ0v) is 8.65. The van der Waals surface area contributed by atoms with E-state index in [0.717, 1.165) is 31.6 Å². The van der Waals surface area contributed by atoms with Crippen molar-refractivity contribution in [3.05, 3.63) is 18.0 Å². The van der Waals surface area contributed by atoms with Crippen LogP contribution in [0, 0.1) is 11.8 Å². The molecule has 0 amide bonds. The molecule has 2 rings (SSSR count). The average Bonchev–Trinajstić information content (AvgIpc) is 2.87. The molecule has 1 aromatic heterocycles. The Labute approximate surface area is 89.4 Å². The molecule has 1 fully saturated rings. The van der Waals surface area contributed by atoms with Gasteiger partial charge in [0.25, 0.3) is 0 Å². The summed E-state index contributed by atoms with van der Waals surface area (Å²) >= 11 is 0. The maximum atomic E-state index is 5.53. The van der Waals surface area contributed by atoms with Crippen molar-refractivity contribution in [2.45, 2.75) is 25.5 Å². The molecule has 1 aliphatic heterocycles. The molecule has 0 spiro atoms. The predicted molar refractivity (Wildman–Crippen MR) is 57.1 cm³/mol. The van der Waals surface area contributed by atoms with Gasteiger partial charge in [0.05, 0.1) is 31.0 Å². The third-order valence-corrected chi connectivity index (χ3v) is 2.38. The van der Waals surface area contributed by atoms with E-state index in [1.54, 1.807) is 6.20 Å².